The van der Waals surface area contributed by atoms with E-state index in [1.54, 1.807) is 0 Å². The number of nitrogens with zero attached hydrogens (tertiary/aromatic N) is 1. The summed E-state index contributed by atoms with van der Waals surface area (Å²) < 4.78 is 0. The first kappa shape index (κ1) is 14.8. The molecule has 1 heterocycles. The van der Waals surface area contributed by atoms with Crippen LogP contribution < -0.4 is 5.32 Å². The highest BCUT2D eigenvalue weighted by Gasteiger charge is 2.31. The molecule has 1 aliphatic carbocycles. The van der Waals surface area contributed by atoms with Crippen LogP contribution in [0.3, 0.4) is 0 Å². The molecule has 1 saturated carbocycles. The molecule has 2 fully saturated rings. The first-order valence-corrected chi connectivity index (χ1v) is 8.02. The maximum atomic E-state index is 12.4. The van der Waals surface area contributed by atoms with Crippen LogP contribution in [0.5, 0.6) is 0 Å². The fourth-order valence-corrected chi connectivity index (χ4v) is 3.37. The molecule has 1 aliphatic heterocycles. The fourth-order valence-electron chi connectivity index (χ4n) is 3.37. The predicted octanol–water partition coefficient (Wildman–Crippen LogP) is 2.95. The van der Waals surface area contributed by atoms with Gasteiger partial charge in [0.05, 0.1) is 0 Å². The van der Waals surface area contributed by atoms with Crippen LogP contribution in [0.25, 0.3) is 0 Å². The van der Waals surface area contributed by atoms with Crippen molar-refractivity contribution in [2.75, 3.05) is 13.1 Å². The molecule has 1 saturated heterocycles. The number of rotatable bonds is 2. The Morgan fingerprint density at radius 1 is 1.00 bits per heavy atom. The summed E-state index contributed by atoms with van der Waals surface area (Å²) in [4.78, 5) is 14.4. The fraction of sp³-hybridized carbons (Fsp3) is 0.938. The van der Waals surface area contributed by atoms with Crippen molar-refractivity contribution in [2.24, 2.45) is 5.41 Å². The topological polar surface area (TPSA) is 32.3 Å². The van der Waals surface area contributed by atoms with Gasteiger partial charge in [0.1, 0.15) is 0 Å². The summed E-state index contributed by atoms with van der Waals surface area (Å²) >= 11 is 0. The first-order valence-electron chi connectivity index (χ1n) is 8.02. The van der Waals surface area contributed by atoms with Gasteiger partial charge in [0, 0.05) is 30.6 Å². The molecule has 3 heteroatoms. The summed E-state index contributed by atoms with van der Waals surface area (Å²) in [7, 11) is 0. The standard InChI is InChI=1S/C16H30N2O/c1-16(2,3)15(19)18-11-7-10-14(12-18)17-13-8-5-4-6-9-13/h13-14,17H,4-12H2,1-3H3. The van der Waals surface area contributed by atoms with Crippen molar-refractivity contribution < 1.29 is 4.79 Å². The Labute approximate surface area is 118 Å². The van der Waals surface area contributed by atoms with Crippen molar-refractivity contribution in [1.29, 1.82) is 0 Å². The van der Waals surface area contributed by atoms with E-state index in [1.165, 1.54) is 38.5 Å². The van der Waals surface area contributed by atoms with Crippen LogP contribution in [0.2, 0.25) is 0 Å². The summed E-state index contributed by atoms with van der Waals surface area (Å²) in [5.41, 5.74) is -0.243. The van der Waals surface area contributed by atoms with Gasteiger partial charge in [0.2, 0.25) is 5.91 Å². The molecule has 0 radical (unpaired) electrons. The number of likely N-dealkylation sites (tertiary alicyclic amines) is 1. The van der Waals surface area contributed by atoms with Gasteiger partial charge < -0.3 is 10.2 Å². The lowest BCUT2D eigenvalue weighted by Gasteiger charge is -2.38. The van der Waals surface area contributed by atoms with Crippen LogP contribution in [0, 0.1) is 5.41 Å². The second kappa shape index (κ2) is 6.25. The molecule has 3 nitrogen and oxygen atoms in total. The molecule has 0 bridgehead atoms. The third kappa shape index (κ3) is 4.20. The van der Waals surface area contributed by atoms with Gasteiger partial charge in [-0.1, -0.05) is 40.0 Å². The van der Waals surface area contributed by atoms with Gasteiger partial charge in [-0.05, 0) is 25.7 Å². The number of carbonyl (C=O) groups is 1. The molecule has 0 aromatic carbocycles. The Bertz CT molecular complexity index is 302. The number of hydrogen-bond acceptors (Lipinski definition) is 2. The van der Waals surface area contributed by atoms with Crippen molar-refractivity contribution in [2.45, 2.75) is 77.8 Å². The molecule has 19 heavy (non-hydrogen) atoms. The average molecular weight is 266 g/mol. The largest absolute Gasteiger partial charge is 0.341 e. The van der Waals surface area contributed by atoms with Crippen LogP contribution in [-0.2, 0) is 4.79 Å². The van der Waals surface area contributed by atoms with E-state index in [0.717, 1.165) is 19.5 Å². The van der Waals surface area contributed by atoms with E-state index in [4.69, 9.17) is 0 Å². The molecular weight excluding hydrogens is 236 g/mol. The maximum absolute atomic E-state index is 12.4. The quantitative estimate of drug-likeness (QED) is 0.833. The van der Waals surface area contributed by atoms with Gasteiger partial charge in [0.25, 0.3) is 0 Å². The Kier molecular flexibility index (Phi) is 4.88. The van der Waals surface area contributed by atoms with Crippen LogP contribution in [0.15, 0.2) is 0 Å². The summed E-state index contributed by atoms with van der Waals surface area (Å²) in [5.74, 6) is 0.308. The van der Waals surface area contributed by atoms with Crippen molar-refractivity contribution >= 4 is 5.91 Å². The summed E-state index contributed by atoms with van der Waals surface area (Å²) in [6.45, 7) is 7.92. The van der Waals surface area contributed by atoms with E-state index in [2.05, 4.69) is 10.2 Å². The lowest BCUT2D eigenvalue weighted by Crippen LogP contribution is -2.53. The number of piperidine rings is 1. The van der Waals surface area contributed by atoms with E-state index in [9.17, 15) is 4.79 Å². The molecule has 1 N–H and O–H groups in total. The molecule has 0 aromatic heterocycles. The maximum Gasteiger partial charge on any atom is 0.227 e. The second-order valence-electron chi connectivity index (χ2n) is 7.34. The second-order valence-corrected chi connectivity index (χ2v) is 7.34. The van der Waals surface area contributed by atoms with Gasteiger partial charge in [-0.25, -0.2) is 0 Å². The highest BCUT2D eigenvalue weighted by molar-refractivity contribution is 5.81. The van der Waals surface area contributed by atoms with Crippen molar-refractivity contribution in [3.8, 4) is 0 Å². The molecule has 1 unspecified atom stereocenters. The van der Waals surface area contributed by atoms with Gasteiger partial charge in [-0.3, -0.25) is 4.79 Å². The molecule has 0 aromatic rings. The molecule has 1 atom stereocenters. The van der Waals surface area contributed by atoms with Crippen LogP contribution in [0.4, 0.5) is 0 Å². The zero-order chi connectivity index (χ0) is 13.9. The van der Waals surface area contributed by atoms with Crippen molar-refractivity contribution in [3.05, 3.63) is 0 Å². The van der Waals surface area contributed by atoms with Crippen molar-refractivity contribution in [1.82, 2.24) is 10.2 Å². The SMILES string of the molecule is CC(C)(C)C(=O)N1CCCC(NC2CCCCC2)C1. The number of hydrogen-bond donors (Lipinski definition) is 1. The lowest BCUT2D eigenvalue weighted by molar-refractivity contribution is -0.140. The van der Waals surface area contributed by atoms with E-state index in [0.29, 0.717) is 18.0 Å². The molecule has 2 rings (SSSR count). The Balaban J connectivity index is 1.84. The summed E-state index contributed by atoms with van der Waals surface area (Å²) in [5, 5.41) is 3.80. The molecule has 110 valence electrons. The highest BCUT2D eigenvalue weighted by atomic mass is 16.2. The third-order valence-electron chi connectivity index (χ3n) is 4.43. The number of amides is 1. The predicted molar refractivity (Wildman–Crippen MR) is 79.1 cm³/mol. The molecular formula is C16H30N2O. The minimum atomic E-state index is -0.243. The van der Waals surface area contributed by atoms with E-state index in [-0.39, 0.29) is 5.41 Å². The average Bonchev–Trinajstić information content (AvgIpc) is 2.38. The minimum Gasteiger partial charge on any atom is -0.341 e. The third-order valence-corrected chi connectivity index (χ3v) is 4.43. The zero-order valence-electron chi connectivity index (χ0n) is 12.9. The normalized spacial score (nSPS) is 26.5. The van der Waals surface area contributed by atoms with Crippen LogP contribution in [0.1, 0.15) is 65.7 Å². The Morgan fingerprint density at radius 2 is 1.63 bits per heavy atom. The number of nitrogens with one attached hydrogen (secondary N) is 1. The van der Waals surface area contributed by atoms with Crippen LogP contribution in [-0.4, -0.2) is 36.0 Å². The Morgan fingerprint density at radius 3 is 2.26 bits per heavy atom. The van der Waals surface area contributed by atoms with Crippen LogP contribution >= 0.6 is 0 Å². The number of carbonyl (C=O) groups excluding carboxylic acids is 1. The van der Waals surface area contributed by atoms with Crippen molar-refractivity contribution in [3.63, 3.8) is 0 Å². The smallest absolute Gasteiger partial charge is 0.227 e. The summed E-state index contributed by atoms with van der Waals surface area (Å²) in [6.07, 6.45) is 9.16. The van der Waals surface area contributed by atoms with Gasteiger partial charge in [-0.2, -0.15) is 0 Å². The Hall–Kier alpha value is -0.570. The van der Waals surface area contributed by atoms with E-state index >= 15 is 0 Å². The summed E-state index contributed by atoms with van der Waals surface area (Å²) in [6, 6.07) is 1.21. The van der Waals surface area contributed by atoms with Gasteiger partial charge in [0.15, 0.2) is 0 Å². The monoisotopic (exact) mass is 266 g/mol. The highest BCUT2D eigenvalue weighted by Crippen LogP contribution is 2.23. The van der Waals surface area contributed by atoms with Gasteiger partial charge in [-0.15, -0.1) is 0 Å². The first-order chi connectivity index (χ1) is 8.97. The van der Waals surface area contributed by atoms with E-state index in [1.807, 2.05) is 20.8 Å². The molecule has 0 spiro atoms. The zero-order valence-corrected chi connectivity index (χ0v) is 12.9. The minimum absolute atomic E-state index is 0.243. The molecule has 1 amide bonds. The molecule has 2 aliphatic rings. The van der Waals surface area contributed by atoms with E-state index < -0.39 is 0 Å². The van der Waals surface area contributed by atoms with Gasteiger partial charge >= 0.3 is 0 Å². The lowest BCUT2D eigenvalue weighted by atomic mass is 9.91.